The lowest BCUT2D eigenvalue weighted by Gasteiger charge is -2.36. The third-order valence-corrected chi connectivity index (χ3v) is 4.77. The predicted molar refractivity (Wildman–Crippen MR) is 78.6 cm³/mol. The van der Waals surface area contributed by atoms with E-state index < -0.39 is 11.4 Å². The number of aromatic nitrogens is 2. The first-order chi connectivity index (χ1) is 9.47. The number of carbonyl (C=O) groups is 1. The van der Waals surface area contributed by atoms with Gasteiger partial charge in [0.25, 0.3) is 0 Å². The highest BCUT2D eigenvalue weighted by atomic mass is 16.4. The zero-order valence-electron chi connectivity index (χ0n) is 12.8. The molecule has 4 heteroatoms. The molecule has 1 N–H and O–H groups in total. The Bertz CT molecular complexity index is 469. The molecular weight excluding hydrogens is 252 g/mol. The second-order valence-electron chi connectivity index (χ2n) is 6.51. The van der Waals surface area contributed by atoms with E-state index >= 15 is 0 Å². The number of rotatable bonds is 5. The van der Waals surface area contributed by atoms with Crippen LogP contribution >= 0.6 is 0 Å². The molecule has 0 radical (unpaired) electrons. The van der Waals surface area contributed by atoms with Crippen LogP contribution in [0.5, 0.6) is 0 Å². The molecule has 0 bridgehead atoms. The summed E-state index contributed by atoms with van der Waals surface area (Å²) in [5.74, 6) is -0.154. The Labute approximate surface area is 121 Å². The molecule has 112 valence electrons. The van der Waals surface area contributed by atoms with Gasteiger partial charge in [0.2, 0.25) is 0 Å². The van der Waals surface area contributed by atoms with Gasteiger partial charge >= 0.3 is 5.97 Å². The summed E-state index contributed by atoms with van der Waals surface area (Å²) >= 11 is 0. The molecule has 1 heterocycles. The summed E-state index contributed by atoms with van der Waals surface area (Å²) in [4.78, 5) is 11.8. The molecule has 1 fully saturated rings. The Hall–Kier alpha value is -1.32. The van der Waals surface area contributed by atoms with Gasteiger partial charge in [-0.1, -0.05) is 26.7 Å². The van der Waals surface area contributed by atoms with Gasteiger partial charge in [0.1, 0.15) is 0 Å². The summed E-state index contributed by atoms with van der Waals surface area (Å²) in [7, 11) is 0. The van der Waals surface area contributed by atoms with E-state index in [2.05, 4.69) is 25.9 Å². The average Bonchev–Trinajstić information content (AvgIpc) is 2.86. The maximum Gasteiger partial charge on any atom is 0.310 e. The predicted octanol–water partition coefficient (Wildman–Crippen LogP) is 3.68. The van der Waals surface area contributed by atoms with Crippen LogP contribution in [-0.4, -0.2) is 20.9 Å². The molecule has 1 aliphatic carbocycles. The molecule has 3 unspecified atom stereocenters. The van der Waals surface area contributed by atoms with Crippen molar-refractivity contribution >= 4 is 5.97 Å². The van der Waals surface area contributed by atoms with Crippen LogP contribution in [0, 0.1) is 11.3 Å². The maximum absolute atomic E-state index is 11.8. The molecule has 0 amide bonds. The van der Waals surface area contributed by atoms with Crippen LogP contribution in [-0.2, 0) is 11.2 Å². The molecule has 0 aromatic carbocycles. The third kappa shape index (κ3) is 3.05. The molecule has 2 rings (SSSR count). The Kier molecular flexibility index (Phi) is 4.51. The minimum Gasteiger partial charge on any atom is -0.481 e. The fraction of sp³-hybridized carbons (Fsp3) is 0.750. The lowest BCUT2D eigenvalue weighted by atomic mass is 9.67. The molecule has 0 spiro atoms. The fourth-order valence-electron chi connectivity index (χ4n) is 3.34. The van der Waals surface area contributed by atoms with Crippen LogP contribution in [0.2, 0.25) is 0 Å². The quantitative estimate of drug-likeness (QED) is 0.894. The van der Waals surface area contributed by atoms with Crippen molar-refractivity contribution in [3.8, 4) is 0 Å². The highest BCUT2D eigenvalue weighted by Crippen LogP contribution is 2.42. The van der Waals surface area contributed by atoms with E-state index in [1.807, 2.05) is 16.9 Å². The van der Waals surface area contributed by atoms with Crippen LogP contribution < -0.4 is 0 Å². The number of carboxylic acids is 1. The number of hydrogen-bond acceptors (Lipinski definition) is 2. The summed E-state index contributed by atoms with van der Waals surface area (Å²) in [6, 6.07) is 2.35. The maximum atomic E-state index is 11.8. The first kappa shape index (κ1) is 15.1. The third-order valence-electron chi connectivity index (χ3n) is 4.77. The van der Waals surface area contributed by atoms with Gasteiger partial charge < -0.3 is 5.11 Å². The van der Waals surface area contributed by atoms with Crippen LogP contribution in [0.3, 0.4) is 0 Å². The van der Waals surface area contributed by atoms with Crippen molar-refractivity contribution in [3.63, 3.8) is 0 Å². The van der Waals surface area contributed by atoms with Crippen LogP contribution in [0.15, 0.2) is 12.3 Å². The van der Waals surface area contributed by atoms with Gasteiger partial charge in [-0.05, 0) is 38.2 Å². The number of carboxylic acid groups (broad SMARTS) is 1. The molecule has 1 aromatic heterocycles. The van der Waals surface area contributed by atoms with Crippen molar-refractivity contribution < 1.29 is 9.90 Å². The second kappa shape index (κ2) is 5.98. The number of nitrogens with zero attached hydrogens (tertiary/aromatic N) is 2. The van der Waals surface area contributed by atoms with Crippen molar-refractivity contribution in [2.75, 3.05) is 0 Å². The molecule has 1 aromatic rings. The van der Waals surface area contributed by atoms with E-state index in [0.29, 0.717) is 18.4 Å². The van der Waals surface area contributed by atoms with Gasteiger partial charge in [0, 0.05) is 18.7 Å². The lowest BCUT2D eigenvalue weighted by molar-refractivity contribution is -0.152. The standard InChI is InChI=1S/C16H26N2O2/c1-4-13(3)18-9-7-14(17-18)11-16(15(19)20)8-5-6-12(2)10-16/h7,9,12-13H,4-6,8,10-11H2,1-3H3,(H,19,20). The van der Waals surface area contributed by atoms with Crippen LogP contribution in [0.25, 0.3) is 0 Å². The van der Waals surface area contributed by atoms with Crippen LogP contribution in [0.4, 0.5) is 0 Å². The fourth-order valence-corrected chi connectivity index (χ4v) is 3.34. The SMILES string of the molecule is CCC(C)n1ccc(CC2(C(=O)O)CCCC(C)C2)n1. The Morgan fingerprint density at radius 3 is 3.00 bits per heavy atom. The van der Waals surface area contributed by atoms with Gasteiger partial charge in [-0.2, -0.15) is 5.10 Å². The topological polar surface area (TPSA) is 55.1 Å². The lowest BCUT2D eigenvalue weighted by Crippen LogP contribution is -2.38. The molecule has 4 nitrogen and oxygen atoms in total. The van der Waals surface area contributed by atoms with Gasteiger partial charge in [-0.3, -0.25) is 9.48 Å². The van der Waals surface area contributed by atoms with Crippen LogP contribution in [0.1, 0.15) is 64.6 Å². The van der Waals surface area contributed by atoms with Crippen molar-refractivity contribution in [1.82, 2.24) is 9.78 Å². The van der Waals surface area contributed by atoms with E-state index in [1.54, 1.807) is 0 Å². The van der Waals surface area contributed by atoms with E-state index in [1.165, 1.54) is 0 Å². The van der Waals surface area contributed by atoms with Gasteiger partial charge in [-0.15, -0.1) is 0 Å². The van der Waals surface area contributed by atoms with Gasteiger partial charge in [0.15, 0.2) is 0 Å². The minimum absolute atomic E-state index is 0.370. The smallest absolute Gasteiger partial charge is 0.310 e. The van der Waals surface area contributed by atoms with E-state index in [0.717, 1.165) is 37.8 Å². The normalized spacial score (nSPS) is 28.2. The van der Waals surface area contributed by atoms with Crippen molar-refractivity contribution in [1.29, 1.82) is 0 Å². The molecule has 0 saturated heterocycles. The minimum atomic E-state index is -0.651. The molecule has 0 aliphatic heterocycles. The zero-order valence-corrected chi connectivity index (χ0v) is 12.8. The summed E-state index contributed by atoms with van der Waals surface area (Å²) in [5, 5.41) is 14.3. The molecule has 1 saturated carbocycles. The molecular formula is C16H26N2O2. The summed E-state index contributed by atoms with van der Waals surface area (Å²) < 4.78 is 1.96. The summed E-state index contributed by atoms with van der Waals surface area (Å²) in [6.45, 7) is 6.43. The van der Waals surface area contributed by atoms with E-state index in [4.69, 9.17) is 0 Å². The average molecular weight is 278 g/mol. The Balaban J connectivity index is 2.16. The first-order valence-electron chi connectivity index (χ1n) is 7.74. The van der Waals surface area contributed by atoms with Gasteiger partial charge in [-0.25, -0.2) is 0 Å². The first-order valence-corrected chi connectivity index (χ1v) is 7.74. The van der Waals surface area contributed by atoms with Gasteiger partial charge in [0.05, 0.1) is 11.1 Å². The highest BCUT2D eigenvalue weighted by Gasteiger charge is 2.42. The number of hydrogen-bond donors (Lipinski definition) is 1. The largest absolute Gasteiger partial charge is 0.481 e. The molecule has 20 heavy (non-hydrogen) atoms. The van der Waals surface area contributed by atoms with Crippen molar-refractivity contribution in [2.24, 2.45) is 11.3 Å². The Morgan fingerprint density at radius 1 is 1.65 bits per heavy atom. The highest BCUT2D eigenvalue weighted by molar-refractivity contribution is 5.75. The summed E-state index contributed by atoms with van der Waals surface area (Å²) in [5.41, 5.74) is 0.313. The van der Waals surface area contributed by atoms with Crippen molar-refractivity contribution in [3.05, 3.63) is 18.0 Å². The second-order valence-corrected chi connectivity index (χ2v) is 6.51. The number of aliphatic carboxylic acids is 1. The van der Waals surface area contributed by atoms with E-state index in [-0.39, 0.29) is 0 Å². The zero-order chi connectivity index (χ0) is 14.8. The molecule has 1 aliphatic rings. The molecule has 3 atom stereocenters. The van der Waals surface area contributed by atoms with Crippen molar-refractivity contribution in [2.45, 2.75) is 65.3 Å². The Morgan fingerprint density at radius 2 is 2.40 bits per heavy atom. The summed E-state index contributed by atoms with van der Waals surface area (Å²) in [6.07, 6.45) is 7.29. The monoisotopic (exact) mass is 278 g/mol. The van der Waals surface area contributed by atoms with E-state index in [9.17, 15) is 9.90 Å².